The maximum atomic E-state index is 12.7. The van der Waals surface area contributed by atoms with Crippen LogP contribution in [0.5, 0.6) is 0 Å². The third-order valence-corrected chi connectivity index (χ3v) is 9.49. The van der Waals surface area contributed by atoms with Crippen LogP contribution in [0.3, 0.4) is 0 Å². The second kappa shape index (κ2) is 11.7. The molecule has 0 aliphatic carbocycles. The number of benzene rings is 2. The van der Waals surface area contributed by atoms with E-state index in [4.69, 9.17) is 4.98 Å². The smallest absolute Gasteiger partial charge is 0.251 e. The van der Waals surface area contributed by atoms with Gasteiger partial charge in [0.05, 0.1) is 15.1 Å². The molecule has 10 heteroatoms. The first-order valence-electron chi connectivity index (χ1n) is 12.5. The van der Waals surface area contributed by atoms with E-state index in [0.717, 1.165) is 56.2 Å². The van der Waals surface area contributed by atoms with Crippen LogP contribution in [0.4, 0.5) is 5.13 Å². The van der Waals surface area contributed by atoms with Gasteiger partial charge in [-0.3, -0.25) is 9.69 Å². The minimum absolute atomic E-state index is 0.193. The predicted octanol–water partition coefficient (Wildman–Crippen LogP) is 3.58. The van der Waals surface area contributed by atoms with Crippen LogP contribution in [0.15, 0.2) is 47.4 Å². The number of thiazole rings is 1. The summed E-state index contributed by atoms with van der Waals surface area (Å²) in [4.78, 5) is 22.2. The number of aryl methyl sites for hydroxylation is 1. The van der Waals surface area contributed by atoms with E-state index in [9.17, 15) is 13.2 Å². The van der Waals surface area contributed by atoms with Crippen molar-refractivity contribution >= 4 is 42.6 Å². The first kappa shape index (κ1) is 26.5. The fraction of sp³-hybridized carbons (Fsp3) is 0.462. The van der Waals surface area contributed by atoms with E-state index in [0.29, 0.717) is 18.7 Å². The van der Waals surface area contributed by atoms with Crippen LogP contribution in [-0.2, 0) is 10.0 Å². The lowest BCUT2D eigenvalue weighted by atomic mass is 10.2. The Bertz CT molecular complexity index is 1280. The fourth-order valence-electron chi connectivity index (χ4n) is 4.21. The molecule has 0 atom stereocenters. The zero-order valence-corrected chi connectivity index (χ0v) is 22.9. The lowest BCUT2D eigenvalue weighted by molar-refractivity contribution is 0.0947. The molecule has 2 aromatic carbocycles. The summed E-state index contributed by atoms with van der Waals surface area (Å²) in [5.74, 6) is -0.193. The molecule has 0 unspecified atom stereocenters. The number of piperazine rings is 1. The minimum Gasteiger partial charge on any atom is -0.351 e. The van der Waals surface area contributed by atoms with Gasteiger partial charge in [0.2, 0.25) is 10.0 Å². The highest BCUT2D eigenvalue weighted by molar-refractivity contribution is 7.89. The number of carbonyl (C=O) groups is 1. The number of hydrogen-bond acceptors (Lipinski definition) is 7. The van der Waals surface area contributed by atoms with Crippen molar-refractivity contribution in [3.8, 4) is 0 Å². The normalized spacial score (nSPS) is 15.1. The van der Waals surface area contributed by atoms with Crippen molar-refractivity contribution in [1.29, 1.82) is 0 Å². The number of rotatable bonds is 10. The summed E-state index contributed by atoms with van der Waals surface area (Å²) in [6.45, 7) is 9.58. The summed E-state index contributed by atoms with van der Waals surface area (Å²) < 4.78 is 27.9. The van der Waals surface area contributed by atoms with Crippen molar-refractivity contribution in [2.45, 2.75) is 31.6 Å². The Kier molecular flexibility index (Phi) is 8.61. The van der Waals surface area contributed by atoms with Gasteiger partial charge in [-0.1, -0.05) is 30.7 Å². The molecule has 4 rings (SSSR count). The highest BCUT2D eigenvalue weighted by atomic mass is 32.2. The van der Waals surface area contributed by atoms with E-state index in [1.807, 2.05) is 6.92 Å². The summed E-state index contributed by atoms with van der Waals surface area (Å²) in [6.07, 6.45) is 1.74. The molecule has 1 aliphatic rings. The van der Waals surface area contributed by atoms with Gasteiger partial charge in [0.15, 0.2) is 5.13 Å². The summed E-state index contributed by atoms with van der Waals surface area (Å²) in [7, 11) is -1.94. The fourth-order valence-corrected chi connectivity index (χ4v) is 6.53. The van der Waals surface area contributed by atoms with Crippen LogP contribution in [-0.4, -0.2) is 81.4 Å². The van der Waals surface area contributed by atoms with Gasteiger partial charge in [-0.2, -0.15) is 0 Å². The maximum Gasteiger partial charge on any atom is 0.251 e. The van der Waals surface area contributed by atoms with Gasteiger partial charge in [-0.15, -0.1) is 0 Å². The van der Waals surface area contributed by atoms with Crippen molar-refractivity contribution < 1.29 is 13.2 Å². The Morgan fingerprint density at radius 1 is 1.11 bits per heavy atom. The van der Waals surface area contributed by atoms with Gasteiger partial charge in [-0.05, 0) is 55.3 Å². The zero-order valence-electron chi connectivity index (χ0n) is 21.2. The van der Waals surface area contributed by atoms with E-state index in [2.05, 4.69) is 40.2 Å². The maximum absolute atomic E-state index is 12.7. The lowest BCUT2D eigenvalue weighted by Gasteiger charge is -2.34. The Morgan fingerprint density at radius 3 is 2.53 bits per heavy atom. The van der Waals surface area contributed by atoms with Gasteiger partial charge >= 0.3 is 0 Å². The minimum atomic E-state index is -3.53. The molecule has 1 saturated heterocycles. The van der Waals surface area contributed by atoms with Crippen LogP contribution in [0.2, 0.25) is 0 Å². The van der Waals surface area contributed by atoms with Crippen LogP contribution in [0.25, 0.3) is 10.2 Å². The third-order valence-electron chi connectivity index (χ3n) is 6.54. The molecule has 1 amide bonds. The number of sulfonamides is 1. The predicted molar refractivity (Wildman–Crippen MR) is 147 cm³/mol. The summed E-state index contributed by atoms with van der Waals surface area (Å²) in [6, 6.07) is 12.5. The lowest BCUT2D eigenvalue weighted by Crippen LogP contribution is -2.48. The Labute approximate surface area is 218 Å². The number of fused-ring (bicyclic) bond motifs is 1. The second-order valence-corrected chi connectivity index (χ2v) is 12.3. The number of aromatic nitrogens is 1. The van der Waals surface area contributed by atoms with E-state index in [1.54, 1.807) is 30.5 Å². The van der Waals surface area contributed by atoms with Gasteiger partial charge in [-0.25, -0.2) is 17.7 Å². The molecule has 3 aromatic rings. The number of unbranched alkanes of at least 4 members (excludes halogenated alkanes) is 1. The molecular weight excluding hydrogens is 494 g/mol. The topological polar surface area (TPSA) is 85.8 Å². The Morgan fingerprint density at radius 2 is 1.83 bits per heavy atom. The number of nitrogens with zero attached hydrogens (tertiary/aromatic N) is 4. The molecule has 0 bridgehead atoms. The average Bonchev–Trinajstić information content (AvgIpc) is 3.30. The van der Waals surface area contributed by atoms with Crippen molar-refractivity contribution in [1.82, 2.24) is 19.5 Å². The van der Waals surface area contributed by atoms with Crippen molar-refractivity contribution in [3.63, 3.8) is 0 Å². The molecule has 0 saturated carbocycles. The molecule has 1 aliphatic heterocycles. The first-order chi connectivity index (χ1) is 17.3. The van der Waals surface area contributed by atoms with Crippen LogP contribution < -0.4 is 10.2 Å². The third kappa shape index (κ3) is 6.23. The molecule has 1 aromatic heterocycles. The van der Waals surface area contributed by atoms with Gasteiger partial charge in [0.1, 0.15) is 0 Å². The van der Waals surface area contributed by atoms with E-state index >= 15 is 0 Å². The number of hydrogen-bond donors (Lipinski definition) is 1. The molecule has 0 spiro atoms. The number of amides is 1. The molecule has 8 nitrogen and oxygen atoms in total. The number of nitrogens with one attached hydrogen (secondary N) is 1. The standard InChI is InChI=1S/C26H35N5O3S2/c1-4-5-13-29(3)36(33,34)22-9-7-21(8-10-22)25(32)27-12-14-30-15-17-31(18-16-30)26-28-23-11-6-20(2)19-24(23)35-26/h6-11,19H,4-5,12-18H2,1-3H3,(H,27,32). The van der Waals surface area contributed by atoms with Crippen LogP contribution in [0, 0.1) is 6.92 Å². The van der Waals surface area contributed by atoms with Crippen molar-refractivity contribution in [2.75, 3.05) is 57.8 Å². The summed E-state index contributed by atoms with van der Waals surface area (Å²) >= 11 is 1.74. The van der Waals surface area contributed by atoms with Gasteiger partial charge in [0, 0.05) is 58.4 Å². The van der Waals surface area contributed by atoms with E-state index < -0.39 is 10.0 Å². The van der Waals surface area contributed by atoms with Crippen LogP contribution >= 0.6 is 11.3 Å². The summed E-state index contributed by atoms with van der Waals surface area (Å²) in [5, 5.41) is 4.03. The van der Waals surface area contributed by atoms with Gasteiger partial charge in [0.25, 0.3) is 5.91 Å². The monoisotopic (exact) mass is 529 g/mol. The summed E-state index contributed by atoms with van der Waals surface area (Å²) in [5.41, 5.74) is 2.77. The zero-order chi connectivity index (χ0) is 25.7. The highest BCUT2D eigenvalue weighted by Crippen LogP contribution is 2.30. The second-order valence-electron chi connectivity index (χ2n) is 9.26. The molecule has 1 fully saturated rings. The van der Waals surface area contributed by atoms with Gasteiger partial charge < -0.3 is 10.2 Å². The molecule has 194 valence electrons. The Hall–Kier alpha value is -2.53. The highest BCUT2D eigenvalue weighted by Gasteiger charge is 2.22. The van der Waals surface area contributed by atoms with Crippen molar-refractivity contribution in [3.05, 3.63) is 53.6 Å². The number of anilines is 1. The largest absolute Gasteiger partial charge is 0.351 e. The first-order valence-corrected chi connectivity index (χ1v) is 14.7. The van der Waals surface area contributed by atoms with E-state index in [1.165, 1.54) is 26.7 Å². The van der Waals surface area contributed by atoms with Crippen molar-refractivity contribution in [2.24, 2.45) is 0 Å². The molecular formula is C26H35N5O3S2. The molecule has 36 heavy (non-hydrogen) atoms. The van der Waals surface area contributed by atoms with Crippen LogP contribution in [0.1, 0.15) is 35.7 Å². The Balaban J connectivity index is 1.22. The number of carbonyl (C=O) groups excluding carboxylic acids is 1. The quantitative estimate of drug-likeness (QED) is 0.432. The van der Waals surface area contributed by atoms with E-state index in [-0.39, 0.29) is 10.8 Å². The SMILES string of the molecule is CCCCN(C)S(=O)(=O)c1ccc(C(=O)NCCN2CCN(c3nc4ccc(C)cc4s3)CC2)cc1. The average molecular weight is 530 g/mol. The molecule has 2 heterocycles. The molecule has 0 radical (unpaired) electrons. The molecule has 1 N–H and O–H groups in total.